The van der Waals surface area contributed by atoms with Crippen LogP contribution in [0, 0.1) is 5.82 Å². The Kier molecular flexibility index (Phi) is 7.05. The molecule has 2 heterocycles. The van der Waals surface area contributed by atoms with E-state index in [4.69, 9.17) is 0 Å². The number of amides is 2. The van der Waals surface area contributed by atoms with Gasteiger partial charge in [0.15, 0.2) is 0 Å². The van der Waals surface area contributed by atoms with E-state index < -0.39 is 11.8 Å². The molecule has 6 nitrogen and oxygen atoms in total. The second-order valence-corrected chi connectivity index (χ2v) is 8.69. The third-order valence-corrected chi connectivity index (χ3v) is 6.45. The van der Waals surface area contributed by atoms with Crippen LogP contribution in [0.1, 0.15) is 42.0 Å². The SMILES string of the molecule is CN1CCCc2cc([C@H](CNC(=O)C(=O)NCc3ccc(F)cc3)N3CCCC3)ccc21. The molecule has 0 aliphatic carbocycles. The minimum Gasteiger partial charge on any atom is -0.374 e. The van der Waals surface area contributed by atoms with Gasteiger partial charge in [0.1, 0.15) is 5.82 Å². The monoisotopic (exact) mass is 438 g/mol. The summed E-state index contributed by atoms with van der Waals surface area (Å²) in [7, 11) is 2.13. The van der Waals surface area contributed by atoms with Crippen LogP contribution in [0.5, 0.6) is 0 Å². The fourth-order valence-electron chi connectivity index (χ4n) is 4.66. The summed E-state index contributed by atoms with van der Waals surface area (Å²) in [4.78, 5) is 29.4. The van der Waals surface area contributed by atoms with Crippen LogP contribution in [0.15, 0.2) is 42.5 Å². The molecular formula is C25H31FN4O2. The van der Waals surface area contributed by atoms with Crippen molar-refractivity contribution in [1.82, 2.24) is 15.5 Å². The summed E-state index contributed by atoms with van der Waals surface area (Å²) in [5, 5.41) is 5.43. The average Bonchev–Trinajstić information content (AvgIpc) is 3.33. The third-order valence-electron chi connectivity index (χ3n) is 6.45. The molecule has 2 aliphatic rings. The summed E-state index contributed by atoms with van der Waals surface area (Å²) in [6, 6.07) is 12.5. The Hall–Kier alpha value is -2.93. The molecule has 0 bridgehead atoms. The largest absolute Gasteiger partial charge is 0.374 e. The van der Waals surface area contributed by atoms with Crippen molar-refractivity contribution in [3.05, 3.63) is 65.0 Å². The van der Waals surface area contributed by atoms with E-state index in [-0.39, 0.29) is 18.4 Å². The van der Waals surface area contributed by atoms with Crippen molar-refractivity contribution in [2.75, 3.05) is 38.1 Å². The van der Waals surface area contributed by atoms with E-state index in [0.29, 0.717) is 6.54 Å². The first-order chi connectivity index (χ1) is 15.5. The van der Waals surface area contributed by atoms with Crippen LogP contribution < -0.4 is 15.5 Å². The van der Waals surface area contributed by atoms with Crippen LogP contribution in [0.3, 0.4) is 0 Å². The Morgan fingerprint density at radius 3 is 2.44 bits per heavy atom. The highest BCUT2D eigenvalue weighted by molar-refractivity contribution is 6.35. The van der Waals surface area contributed by atoms with Gasteiger partial charge in [-0.2, -0.15) is 0 Å². The van der Waals surface area contributed by atoms with Gasteiger partial charge in [0, 0.05) is 32.4 Å². The van der Waals surface area contributed by atoms with Crippen LogP contribution in [-0.4, -0.2) is 49.9 Å². The minimum atomic E-state index is -0.679. The Balaban J connectivity index is 1.39. The molecule has 0 aromatic heterocycles. The second-order valence-electron chi connectivity index (χ2n) is 8.69. The zero-order chi connectivity index (χ0) is 22.5. The Bertz CT molecular complexity index is 957. The molecule has 4 rings (SSSR count). The fourth-order valence-corrected chi connectivity index (χ4v) is 4.66. The molecule has 1 atom stereocenters. The third kappa shape index (κ3) is 5.27. The maximum Gasteiger partial charge on any atom is 0.309 e. The van der Waals surface area contributed by atoms with Gasteiger partial charge in [-0.15, -0.1) is 0 Å². The van der Waals surface area contributed by atoms with E-state index in [0.717, 1.165) is 50.9 Å². The van der Waals surface area contributed by atoms with E-state index in [9.17, 15) is 14.0 Å². The van der Waals surface area contributed by atoms with Crippen molar-refractivity contribution in [2.24, 2.45) is 0 Å². The fraction of sp³-hybridized carbons (Fsp3) is 0.440. The molecule has 2 aliphatic heterocycles. The van der Waals surface area contributed by atoms with Gasteiger partial charge in [-0.3, -0.25) is 14.5 Å². The summed E-state index contributed by atoms with van der Waals surface area (Å²) in [6.45, 7) is 3.63. The van der Waals surface area contributed by atoms with Crippen molar-refractivity contribution in [3.63, 3.8) is 0 Å². The number of aryl methyl sites for hydroxylation is 1. The van der Waals surface area contributed by atoms with Gasteiger partial charge in [0.25, 0.3) is 0 Å². The average molecular weight is 439 g/mol. The van der Waals surface area contributed by atoms with Crippen molar-refractivity contribution >= 4 is 17.5 Å². The summed E-state index contributed by atoms with van der Waals surface area (Å²) in [5.74, 6) is -1.66. The standard InChI is InChI=1S/C25H31FN4O2/c1-29-12-4-5-19-15-20(8-11-22(19)29)23(30-13-2-3-14-30)17-28-25(32)24(31)27-16-18-6-9-21(26)10-7-18/h6-11,15,23H,2-5,12-14,16-17H2,1H3,(H,27,31)(H,28,32)/t23-/m0/s1. The highest BCUT2D eigenvalue weighted by atomic mass is 19.1. The topological polar surface area (TPSA) is 64.7 Å². The van der Waals surface area contributed by atoms with E-state index >= 15 is 0 Å². The van der Waals surface area contributed by atoms with Gasteiger partial charge in [-0.25, -0.2) is 4.39 Å². The molecule has 0 spiro atoms. The molecule has 0 unspecified atom stereocenters. The Labute approximate surface area is 188 Å². The highest BCUT2D eigenvalue weighted by Crippen LogP contribution is 2.31. The first-order valence-corrected chi connectivity index (χ1v) is 11.4. The summed E-state index contributed by atoms with van der Waals surface area (Å²) >= 11 is 0. The van der Waals surface area contributed by atoms with E-state index in [2.05, 4.69) is 45.7 Å². The number of benzene rings is 2. The van der Waals surface area contributed by atoms with Gasteiger partial charge < -0.3 is 15.5 Å². The lowest BCUT2D eigenvalue weighted by Crippen LogP contribution is -2.43. The maximum atomic E-state index is 13.0. The van der Waals surface area contributed by atoms with Gasteiger partial charge in [0.2, 0.25) is 0 Å². The summed E-state index contributed by atoms with van der Waals surface area (Å²) < 4.78 is 13.0. The number of rotatable bonds is 6. The number of hydrogen-bond acceptors (Lipinski definition) is 4. The lowest BCUT2D eigenvalue weighted by atomic mass is 9.96. The van der Waals surface area contributed by atoms with Gasteiger partial charge in [-0.1, -0.05) is 24.3 Å². The number of hydrogen-bond donors (Lipinski definition) is 2. The number of carbonyl (C=O) groups excluding carboxylic acids is 2. The molecule has 0 saturated carbocycles. The normalized spacial score (nSPS) is 17.0. The number of carbonyl (C=O) groups is 2. The Morgan fingerprint density at radius 2 is 1.69 bits per heavy atom. The minimum absolute atomic E-state index is 0.0453. The smallest absolute Gasteiger partial charge is 0.309 e. The quantitative estimate of drug-likeness (QED) is 0.681. The summed E-state index contributed by atoms with van der Waals surface area (Å²) in [5.41, 5.74) is 4.56. The van der Waals surface area contributed by atoms with E-state index in [1.165, 1.54) is 28.9 Å². The maximum absolute atomic E-state index is 13.0. The number of likely N-dealkylation sites (tertiary alicyclic amines) is 1. The number of halogens is 1. The van der Waals surface area contributed by atoms with Crippen molar-refractivity contribution in [2.45, 2.75) is 38.3 Å². The van der Waals surface area contributed by atoms with Crippen LogP contribution in [-0.2, 0) is 22.6 Å². The van der Waals surface area contributed by atoms with Gasteiger partial charge >= 0.3 is 11.8 Å². The first kappa shape index (κ1) is 22.3. The number of fused-ring (bicyclic) bond motifs is 1. The Morgan fingerprint density at radius 1 is 0.969 bits per heavy atom. The van der Waals surface area contributed by atoms with Gasteiger partial charge in [-0.05, 0) is 73.7 Å². The molecule has 2 aromatic carbocycles. The number of nitrogens with one attached hydrogen (secondary N) is 2. The molecule has 1 saturated heterocycles. The first-order valence-electron chi connectivity index (χ1n) is 11.4. The predicted molar refractivity (Wildman–Crippen MR) is 123 cm³/mol. The summed E-state index contributed by atoms with van der Waals surface area (Å²) in [6.07, 6.45) is 4.51. The highest BCUT2D eigenvalue weighted by Gasteiger charge is 2.26. The molecule has 2 amide bonds. The van der Waals surface area contributed by atoms with Crippen molar-refractivity contribution < 1.29 is 14.0 Å². The molecule has 1 fully saturated rings. The number of anilines is 1. The molecular weight excluding hydrogens is 407 g/mol. The molecule has 170 valence electrons. The van der Waals surface area contributed by atoms with E-state index in [1.54, 1.807) is 12.1 Å². The molecule has 2 aromatic rings. The predicted octanol–water partition coefficient (Wildman–Crippen LogP) is 2.78. The van der Waals surface area contributed by atoms with Crippen LogP contribution in [0.2, 0.25) is 0 Å². The van der Waals surface area contributed by atoms with Crippen LogP contribution in [0.4, 0.5) is 10.1 Å². The van der Waals surface area contributed by atoms with Crippen LogP contribution >= 0.6 is 0 Å². The number of nitrogens with zero attached hydrogens (tertiary/aromatic N) is 2. The lowest BCUT2D eigenvalue weighted by Gasteiger charge is -2.31. The molecule has 32 heavy (non-hydrogen) atoms. The van der Waals surface area contributed by atoms with Crippen molar-refractivity contribution in [3.8, 4) is 0 Å². The molecule has 2 N–H and O–H groups in total. The zero-order valence-electron chi connectivity index (χ0n) is 18.6. The van der Waals surface area contributed by atoms with Crippen LogP contribution in [0.25, 0.3) is 0 Å². The van der Waals surface area contributed by atoms with Crippen molar-refractivity contribution in [1.29, 1.82) is 0 Å². The van der Waals surface area contributed by atoms with E-state index in [1.807, 2.05) is 0 Å². The lowest BCUT2D eigenvalue weighted by molar-refractivity contribution is -0.139. The van der Waals surface area contributed by atoms with Gasteiger partial charge in [0.05, 0.1) is 6.04 Å². The second kappa shape index (κ2) is 10.1. The zero-order valence-corrected chi connectivity index (χ0v) is 18.6. The molecule has 7 heteroatoms. The molecule has 0 radical (unpaired) electrons.